The van der Waals surface area contributed by atoms with Crippen molar-refractivity contribution < 1.29 is 13.6 Å². The molecule has 4 saturated carbocycles. The summed E-state index contributed by atoms with van der Waals surface area (Å²) in [5, 5.41) is 0. The van der Waals surface area contributed by atoms with Crippen LogP contribution in [0.5, 0.6) is 0 Å². The van der Waals surface area contributed by atoms with Crippen molar-refractivity contribution in [3.8, 4) is 0 Å². The molecule has 0 amide bonds. The molecule has 0 aromatic heterocycles. The maximum atomic E-state index is 13.2. The van der Waals surface area contributed by atoms with Gasteiger partial charge in [-0.05, 0) is 133 Å². The van der Waals surface area contributed by atoms with Gasteiger partial charge in [0.15, 0.2) is 22.4 Å². The molecule has 0 saturated heterocycles. The van der Waals surface area contributed by atoms with E-state index < -0.39 is 22.2 Å². The highest BCUT2D eigenvalue weighted by Crippen LogP contribution is 2.69. The van der Waals surface area contributed by atoms with Gasteiger partial charge in [-0.1, -0.05) is 13.8 Å². The molecular weight excluding hydrogens is 428 g/mol. The average molecular weight is 479 g/mol. The molecule has 0 spiro atoms. The van der Waals surface area contributed by atoms with Crippen LogP contribution < -0.4 is 0 Å². The van der Waals surface area contributed by atoms with Gasteiger partial charge in [-0.15, -0.1) is 0 Å². The molecular formula is C27H50O3Si2. The number of carbonyl (C=O) groups is 1. The number of ketones is 1. The van der Waals surface area contributed by atoms with Crippen molar-refractivity contribution >= 4 is 22.4 Å². The monoisotopic (exact) mass is 478 g/mol. The molecule has 0 N–H and O–H groups in total. The smallest absolute Gasteiger partial charge is 0.185 e. The van der Waals surface area contributed by atoms with Crippen LogP contribution >= 0.6 is 0 Å². The van der Waals surface area contributed by atoms with E-state index in [2.05, 4.69) is 53.1 Å². The van der Waals surface area contributed by atoms with Crippen molar-refractivity contribution in [1.82, 2.24) is 0 Å². The molecule has 0 aliphatic heterocycles. The Morgan fingerprint density at radius 1 is 0.812 bits per heavy atom. The number of hydrogen-bond donors (Lipinski definition) is 0. The molecule has 0 bridgehead atoms. The van der Waals surface area contributed by atoms with E-state index in [1.165, 1.54) is 51.4 Å². The number of rotatable bonds is 5. The SMILES string of the molecule is CC(=O)[C@]1(O[Si](C)(C)C)CC[C@H]2[C@@H]3CC[C@@H]4C[C@H](O[Si](C)(C)C)CC[C@]4(C)[C@H]3CC[C@@]21C. The van der Waals surface area contributed by atoms with E-state index in [4.69, 9.17) is 8.85 Å². The molecule has 0 aromatic carbocycles. The van der Waals surface area contributed by atoms with Crippen molar-refractivity contribution in [3.05, 3.63) is 0 Å². The summed E-state index contributed by atoms with van der Waals surface area (Å²) >= 11 is 0. The van der Waals surface area contributed by atoms with Gasteiger partial charge < -0.3 is 8.85 Å². The molecule has 0 radical (unpaired) electrons. The minimum absolute atomic E-state index is 0.0155. The van der Waals surface area contributed by atoms with E-state index in [9.17, 15) is 4.79 Å². The van der Waals surface area contributed by atoms with Crippen molar-refractivity contribution in [1.29, 1.82) is 0 Å². The van der Waals surface area contributed by atoms with Gasteiger partial charge in [0.25, 0.3) is 0 Å². The predicted molar refractivity (Wildman–Crippen MR) is 138 cm³/mol. The Hall–Kier alpha value is 0.0238. The third-order valence-electron chi connectivity index (χ3n) is 10.3. The van der Waals surface area contributed by atoms with E-state index in [0.717, 1.165) is 24.2 Å². The Kier molecular flexibility index (Phi) is 6.30. The number of fused-ring (bicyclic) bond motifs is 5. The lowest BCUT2D eigenvalue weighted by Gasteiger charge is -2.62. The molecule has 0 unspecified atom stereocenters. The van der Waals surface area contributed by atoms with Crippen LogP contribution in [0, 0.1) is 34.5 Å². The molecule has 4 aliphatic carbocycles. The molecule has 4 rings (SSSR count). The van der Waals surface area contributed by atoms with E-state index in [0.29, 0.717) is 23.2 Å². The number of carbonyl (C=O) groups excluding carboxylic acids is 1. The van der Waals surface area contributed by atoms with Crippen molar-refractivity contribution in [2.24, 2.45) is 34.5 Å². The summed E-state index contributed by atoms with van der Waals surface area (Å²) in [5.74, 6) is 3.36. The quantitative estimate of drug-likeness (QED) is 0.385. The Balaban J connectivity index is 1.57. The van der Waals surface area contributed by atoms with Gasteiger partial charge in [-0.25, -0.2) is 0 Å². The zero-order valence-electron chi connectivity index (χ0n) is 22.5. The second-order valence-electron chi connectivity index (χ2n) is 14.4. The molecule has 184 valence electrons. The van der Waals surface area contributed by atoms with Crippen LogP contribution in [0.4, 0.5) is 0 Å². The van der Waals surface area contributed by atoms with Gasteiger partial charge in [-0.2, -0.15) is 0 Å². The molecule has 3 nitrogen and oxygen atoms in total. The Morgan fingerprint density at radius 3 is 2.06 bits per heavy atom. The third-order valence-corrected chi connectivity index (χ3v) is 12.3. The van der Waals surface area contributed by atoms with E-state index in [1.54, 1.807) is 0 Å². The molecule has 0 heterocycles. The first-order valence-corrected chi connectivity index (χ1v) is 20.3. The summed E-state index contributed by atoms with van der Waals surface area (Å²) in [6.45, 7) is 20.7. The normalized spacial score (nSPS) is 46.8. The summed E-state index contributed by atoms with van der Waals surface area (Å²) in [7, 11) is -3.30. The van der Waals surface area contributed by atoms with Crippen LogP contribution in [0.1, 0.15) is 78.6 Å². The largest absolute Gasteiger partial charge is 0.415 e. The fourth-order valence-electron chi connectivity index (χ4n) is 9.16. The Labute approximate surface area is 200 Å². The molecule has 5 heteroatoms. The summed E-state index contributed by atoms with van der Waals surface area (Å²) in [5.41, 5.74) is -0.0556. The molecule has 8 atom stereocenters. The van der Waals surface area contributed by atoms with Crippen molar-refractivity contribution in [2.75, 3.05) is 0 Å². The second-order valence-corrected chi connectivity index (χ2v) is 23.3. The average Bonchev–Trinajstić information content (AvgIpc) is 2.93. The van der Waals surface area contributed by atoms with Crippen LogP contribution in [0.15, 0.2) is 0 Å². The summed E-state index contributed by atoms with van der Waals surface area (Å²) < 4.78 is 13.5. The van der Waals surface area contributed by atoms with E-state index in [1.807, 2.05) is 6.92 Å². The van der Waals surface area contributed by atoms with Gasteiger partial charge in [0, 0.05) is 11.5 Å². The lowest BCUT2D eigenvalue weighted by atomic mass is 9.44. The zero-order valence-corrected chi connectivity index (χ0v) is 24.5. The van der Waals surface area contributed by atoms with Crippen LogP contribution in [0.2, 0.25) is 39.3 Å². The van der Waals surface area contributed by atoms with Crippen LogP contribution in [0.3, 0.4) is 0 Å². The minimum Gasteiger partial charge on any atom is -0.415 e. The summed E-state index contributed by atoms with van der Waals surface area (Å²) in [6.07, 6.45) is 11.7. The zero-order chi connectivity index (χ0) is 23.7. The molecule has 4 fully saturated rings. The topological polar surface area (TPSA) is 35.5 Å². The fourth-order valence-corrected chi connectivity index (χ4v) is 11.9. The lowest BCUT2D eigenvalue weighted by molar-refractivity contribution is -0.166. The van der Waals surface area contributed by atoms with Crippen molar-refractivity contribution in [3.63, 3.8) is 0 Å². The first-order valence-electron chi connectivity index (χ1n) is 13.5. The maximum Gasteiger partial charge on any atom is 0.185 e. The Morgan fingerprint density at radius 2 is 1.47 bits per heavy atom. The van der Waals surface area contributed by atoms with Gasteiger partial charge in [0.1, 0.15) is 5.60 Å². The predicted octanol–water partition coefficient (Wildman–Crippen LogP) is 7.43. The number of hydrogen-bond acceptors (Lipinski definition) is 3. The first-order chi connectivity index (χ1) is 14.6. The van der Waals surface area contributed by atoms with E-state index >= 15 is 0 Å². The maximum absolute atomic E-state index is 13.2. The fraction of sp³-hybridized carbons (Fsp3) is 0.963. The van der Waals surface area contributed by atoms with Gasteiger partial charge in [0.05, 0.1) is 0 Å². The summed E-state index contributed by atoms with van der Waals surface area (Å²) in [4.78, 5) is 13.2. The third kappa shape index (κ3) is 4.05. The van der Waals surface area contributed by atoms with Gasteiger partial charge in [-0.3, -0.25) is 4.79 Å². The molecule has 0 aromatic rings. The minimum atomic E-state index is -1.83. The van der Waals surface area contributed by atoms with E-state index in [-0.39, 0.29) is 5.41 Å². The second kappa shape index (κ2) is 8.03. The molecule has 4 aliphatic rings. The van der Waals surface area contributed by atoms with Gasteiger partial charge >= 0.3 is 0 Å². The number of Topliss-reactive ketones (excluding diaryl/α,β-unsaturated/α-hetero) is 1. The van der Waals surface area contributed by atoms with Crippen LogP contribution in [0.25, 0.3) is 0 Å². The summed E-state index contributed by atoms with van der Waals surface area (Å²) in [6, 6.07) is 0. The molecule has 32 heavy (non-hydrogen) atoms. The Bertz CT molecular complexity index is 740. The van der Waals surface area contributed by atoms with Crippen LogP contribution in [-0.4, -0.2) is 34.1 Å². The lowest BCUT2D eigenvalue weighted by Crippen LogP contribution is -2.61. The highest BCUT2D eigenvalue weighted by atomic mass is 28.4. The van der Waals surface area contributed by atoms with Crippen molar-refractivity contribution in [2.45, 2.75) is 130 Å². The van der Waals surface area contributed by atoms with Gasteiger partial charge in [0.2, 0.25) is 0 Å². The first kappa shape index (κ1) is 25.1. The standard InChI is InChI=1S/C27H50O3Si2/c1-19(28)27(30-32(7,8)9)17-14-24-22-11-10-20-18-21(29-31(4,5)6)12-15-25(20,2)23(22)13-16-26(24,27)3/h20-24H,10-18H2,1-9H3/t20-,21-,22-,23+,24+,25+,26+,27-/m1/s1. The highest BCUT2D eigenvalue weighted by molar-refractivity contribution is 6.70. The highest BCUT2D eigenvalue weighted by Gasteiger charge is 2.67. The van der Waals surface area contributed by atoms with Crippen LogP contribution in [-0.2, 0) is 13.6 Å².